The molecular weight excluding hydrogens is 318 g/mol. The van der Waals surface area contributed by atoms with Gasteiger partial charge in [0.15, 0.2) is 0 Å². The van der Waals surface area contributed by atoms with Gasteiger partial charge >= 0.3 is 0 Å². The second-order valence-corrected chi connectivity index (χ2v) is 6.81. The summed E-state index contributed by atoms with van der Waals surface area (Å²) in [4.78, 5) is 20.9. The highest BCUT2D eigenvalue weighted by molar-refractivity contribution is 8.00. The van der Waals surface area contributed by atoms with E-state index in [-0.39, 0.29) is 11.2 Å². The zero-order chi connectivity index (χ0) is 16.8. The standard InChI is InChI=1S/C19H19N3OS/c1-14(24-16-10-6-3-7-11-16)19(23)21-13-18-20-12-17(22-18)15-8-4-2-5-9-15/h2-12,14H,13H2,1H3,(H,20,22)(H,21,23). The highest BCUT2D eigenvalue weighted by atomic mass is 32.2. The molecule has 3 aromatic rings. The van der Waals surface area contributed by atoms with Crippen LogP contribution >= 0.6 is 11.8 Å². The first kappa shape index (κ1) is 16.3. The van der Waals surface area contributed by atoms with Crippen LogP contribution < -0.4 is 5.32 Å². The Hall–Kier alpha value is -2.53. The molecule has 1 aromatic heterocycles. The van der Waals surface area contributed by atoms with Crippen molar-refractivity contribution in [3.63, 3.8) is 0 Å². The third kappa shape index (κ3) is 4.26. The van der Waals surface area contributed by atoms with Gasteiger partial charge in [-0.2, -0.15) is 0 Å². The summed E-state index contributed by atoms with van der Waals surface area (Å²) in [6, 6.07) is 19.9. The maximum Gasteiger partial charge on any atom is 0.233 e. The van der Waals surface area contributed by atoms with Gasteiger partial charge in [-0.25, -0.2) is 4.98 Å². The van der Waals surface area contributed by atoms with Gasteiger partial charge in [0.1, 0.15) is 5.82 Å². The molecule has 0 saturated carbocycles. The molecule has 24 heavy (non-hydrogen) atoms. The van der Waals surface area contributed by atoms with Crippen LogP contribution in [0.1, 0.15) is 12.7 Å². The number of hydrogen-bond donors (Lipinski definition) is 2. The van der Waals surface area contributed by atoms with Crippen molar-refractivity contribution in [2.24, 2.45) is 0 Å². The molecule has 2 aromatic carbocycles. The average Bonchev–Trinajstić information content (AvgIpc) is 3.10. The lowest BCUT2D eigenvalue weighted by Gasteiger charge is -2.11. The summed E-state index contributed by atoms with van der Waals surface area (Å²) in [6.45, 7) is 2.30. The number of thioether (sulfide) groups is 1. The number of carbonyl (C=O) groups excluding carboxylic acids is 1. The molecule has 5 heteroatoms. The number of nitrogens with one attached hydrogen (secondary N) is 2. The van der Waals surface area contributed by atoms with E-state index in [9.17, 15) is 4.79 Å². The summed E-state index contributed by atoms with van der Waals surface area (Å²) < 4.78 is 0. The Balaban J connectivity index is 1.54. The van der Waals surface area contributed by atoms with Crippen LogP contribution in [0.25, 0.3) is 11.3 Å². The quantitative estimate of drug-likeness (QED) is 0.671. The number of imidazole rings is 1. The van der Waals surface area contributed by atoms with Crippen LogP contribution in [0, 0.1) is 0 Å². The van der Waals surface area contributed by atoms with Gasteiger partial charge in [-0.15, -0.1) is 11.8 Å². The summed E-state index contributed by atoms with van der Waals surface area (Å²) >= 11 is 1.55. The number of aromatic amines is 1. The fourth-order valence-corrected chi connectivity index (χ4v) is 3.20. The van der Waals surface area contributed by atoms with Gasteiger partial charge in [-0.1, -0.05) is 48.5 Å². The number of aromatic nitrogens is 2. The van der Waals surface area contributed by atoms with Crippen LogP contribution in [-0.4, -0.2) is 21.1 Å². The van der Waals surface area contributed by atoms with E-state index in [1.54, 1.807) is 18.0 Å². The summed E-state index contributed by atoms with van der Waals surface area (Å²) in [5.41, 5.74) is 2.03. The smallest absolute Gasteiger partial charge is 0.233 e. The second kappa shape index (κ2) is 7.84. The minimum atomic E-state index is -0.157. The SMILES string of the molecule is CC(Sc1ccccc1)C(=O)NCc1ncc(-c2ccccc2)[nH]1. The monoisotopic (exact) mass is 337 g/mol. The van der Waals surface area contributed by atoms with Gasteiger partial charge in [-0.3, -0.25) is 4.79 Å². The van der Waals surface area contributed by atoms with E-state index in [0.717, 1.165) is 22.0 Å². The molecule has 0 aliphatic rings. The van der Waals surface area contributed by atoms with Crippen molar-refractivity contribution < 1.29 is 4.79 Å². The molecule has 2 N–H and O–H groups in total. The predicted molar refractivity (Wildman–Crippen MR) is 97.6 cm³/mol. The first-order valence-electron chi connectivity index (χ1n) is 7.81. The lowest BCUT2D eigenvalue weighted by molar-refractivity contribution is -0.120. The fraction of sp³-hybridized carbons (Fsp3) is 0.158. The molecule has 1 amide bonds. The first-order valence-corrected chi connectivity index (χ1v) is 8.69. The van der Waals surface area contributed by atoms with Crippen LogP contribution in [0.15, 0.2) is 71.8 Å². The van der Waals surface area contributed by atoms with Crippen molar-refractivity contribution in [2.75, 3.05) is 0 Å². The van der Waals surface area contributed by atoms with Crippen molar-refractivity contribution in [3.8, 4) is 11.3 Å². The summed E-state index contributed by atoms with van der Waals surface area (Å²) in [5, 5.41) is 2.77. The van der Waals surface area contributed by atoms with E-state index in [4.69, 9.17) is 0 Å². The highest BCUT2D eigenvalue weighted by Gasteiger charge is 2.14. The first-order chi connectivity index (χ1) is 11.7. The normalized spacial score (nSPS) is 11.9. The summed E-state index contributed by atoms with van der Waals surface area (Å²) in [5.74, 6) is 0.751. The maximum absolute atomic E-state index is 12.2. The average molecular weight is 337 g/mol. The Morgan fingerprint density at radius 1 is 1.12 bits per heavy atom. The number of H-pyrrole nitrogens is 1. The van der Waals surface area contributed by atoms with Gasteiger partial charge in [0.25, 0.3) is 0 Å². The molecule has 0 fully saturated rings. The van der Waals surface area contributed by atoms with Crippen molar-refractivity contribution in [1.29, 1.82) is 0 Å². The maximum atomic E-state index is 12.2. The lowest BCUT2D eigenvalue weighted by atomic mass is 10.2. The molecule has 122 valence electrons. The Bertz CT molecular complexity index is 787. The molecule has 0 bridgehead atoms. The third-order valence-electron chi connectivity index (χ3n) is 3.57. The Morgan fingerprint density at radius 3 is 2.50 bits per heavy atom. The summed E-state index contributed by atoms with van der Waals surface area (Å²) in [6.07, 6.45) is 1.79. The lowest BCUT2D eigenvalue weighted by Crippen LogP contribution is -2.30. The molecule has 0 aliphatic heterocycles. The molecule has 1 heterocycles. The van der Waals surface area contributed by atoms with Crippen molar-refractivity contribution >= 4 is 17.7 Å². The molecule has 4 nitrogen and oxygen atoms in total. The Morgan fingerprint density at radius 2 is 1.79 bits per heavy atom. The topological polar surface area (TPSA) is 57.8 Å². The zero-order valence-corrected chi connectivity index (χ0v) is 14.2. The molecule has 3 rings (SSSR count). The molecule has 1 unspecified atom stereocenters. The van der Waals surface area contributed by atoms with Crippen LogP contribution in [0.4, 0.5) is 0 Å². The van der Waals surface area contributed by atoms with E-state index in [2.05, 4.69) is 15.3 Å². The molecular formula is C19H19N3OS. The zero-order valence-electron chi connectivity index (χ0n) is 13.4. The van der Waals surface area contributed by atoms with Gasteiger partial charge < -0.3 is 10.3 Å². The Kier molecular flexibility index (Phi) is 5.33. The molecule has 1 atom stereocenters. The minimum Gasteiger partial charge on any atom is -0.348 e. The number of amides is 1. The van der Waals surface area contributed by atoms with E-state index < -0.39 is 0 Å². The van der Waals surface area contributed by atoms with Crippen molar-refractivity contribution in [2.45, 2.75) is 23.6 Å². The number of rotatable bonds is 6. The minimum absolute atomic E-state index is 0.00140. The highest BCUT2D eigenvalue weighted by Crippen LogP contribution is 2.22. The number of carbonyl (C=O) groups is 1. The summed E-state index contributed by atoms with van der Waals surface area (Å²) in [7, 11) is 0. The molecule has 0 spiro atoms. The second-order valence-electron chi connectivity index (χ2n) is 5.40. The van der Waals surface area contributed by atoms with Crippen molar-refractivity contribution in [3.05, 3.63) is 72.7 Å². The molecule has 0 aliphatic carbocycles. The Labute approximate surface area is 145 Å². The number of benzene rings is 2. The van der Waals surface area contributed by atoms with Crippen LogP contribution in [0.5, 0.6) is 0 Å². The number of nitrogens with zero attached hydrogens (tertiary/aromatic N) is 1. The van der Waals surface area contributed by atoms with Crippen LogP contribution in [0.2, 0.25) is 0 Å². The van der Waals surface area contributed by atoms with Crippen LogP contribution in [-0.2, 0) is 11.3 Å². The van der Waals surface area contributed by atoms with E-state index in [0.29, 0.717) is 6.54 Å². The fourth-order valence-electron chi connectivity index (χ4n) is 2.29. The van der Waals surface area contributed by atoms with Gasteiger partial charge in [-0.05, 0) is 24.6 Å². The van der Waals surface area contributed by atoms with E-state index in [1.165, 1.54) is 0 Å². The van der Waals surface area contributed by atoms with Gasteiger partial charge in [0, 0.05) is 4.90 Å². The van der Waals surface area contributed by atoms with E-state index in [1.807, 2.05) is 67.6 Å². The van der Waals surface area contributed by atoms with Gasteiger partial charge in [0.05, 0.1) is 23.7 Å². The van der Waals surface area contributed by atoms with Crippen LogP contribution in [0.3, 0.4) is 0 Å². The molecule has 0 saturated heterocycles. The van der Waals surface area contributed by atoms with Gasteiger partial charge in [0.2, 0.25) is 5.91 Å². The molecule has 0 radical (unpaired) electrons. The third-order valence-corrected chi connectivity index (χ3v) is 4.68. The van der Waals surface area contributed by atoms with E-state index >= 15 is 0 Å². The predicted octanol–water partition coefficient (Wildman–Crippen LogP) is 3.87. The number of hydrogen-bond acceptors (Lipinski definition) is 3. The largest absolute Gasteiger partial charge is 0.348 e. The van der Waals surface area contributed by atoms with Crippen molar-refractivity contribution in [1.82, 2.24) is 15.3 Å².